The van der Waals surface area contributed by atoms with Crippen molar-refractivity contribution in [2.24, 2.45) is 0 Å². The number of aromatic nitrogens is 1. The molecule has 3 aliphatic rings. The molecule has 5 rings (SSSR count). The van der Waals surface area contributed by atoms with Gasteiger partial charge in [0.1, 0.15) is 11.4 Å². The van der Waals surface area contributed by atoms with Crippen LogP contribution in [0.25, 0.3) is 0 Å². The van der Waals surface area contributed by atoms with Gasteiger partial charge in [-0.3, -0.25) is 14.4 Å². The average Bonchev–Trinajstić information content (AvgIpc) is 3.14. The summed E-state index contributed by atoms with van der Waals surface area (Å²) in [6.07, 6.45) is 4.47. The Bertz CT molecular complexity index is 1230. The van der Waals surface area contributed by atoms with Crippen LogP contribution in [0.4, 0.5) is 14.5 Å². The number of nitrogens with one attached hydrogen (secondary N) is 4. The van der Waals surface area contributed by atoms with Gasteiger partial charge in [-0.25, -0.2) is 19.6 Å². The number of quaternary nitrogens is 1. The first-order chi connectivity index (χ1) is 15.8. The van der Waals surface area contributed by atoms with Crippen LogP contribution in [-0.4, -0.2) is 27.7 Å². The van der Waals surface area contributed by atoms with E-state index in [0.717, 1.165) is 37.1 Å². The van der Waals surface area contributed by atoms with Gasteiger partial charge >= 0.3 is 0 Å². The molecule has 1 aromatic heterocycles. The van der Waals surface area contributed by atoms with Gasteiger partial charge in [-0.05, 0) is 50.3 Å². The number of hydrogen-bond donors (Lipinski definition) is 5. The van der Waals surface area contributed by atoms with Gasteiger partial charge in [0.25, 0.3) is 17.6 Å². The lowest BCUT2D eigenvalue weighted by Gasteiger charge is -2.16. The molecule has 172 valence electrons. The van der Waals surface area contributed by atoms with Gasteiger partial charge in [0.15, 0.2) is 11.6 Å². The smallest absolute Gasteiger partial charge is 0.293 e. The molecule has 6 N–H and O–H groups in total. The first kappa shape index (κ1) is 21.1. The fourth-order valence-electron chi connectivity index (χ4n) is 4.61. The molecule has 2 aliphatic heterocycles. The van der Waals surface area contributed by atoms with Crippen LogP contribution in [0.1, 0.15) is 51.4 Å². The molecule has 0 spiro atoms. The maximum Gasteiger partial charge on any atom is 0.293 e. The Morgan fingerprint density at radius 3 is 2.64 bits per heavy atom. The molecule has 1 aliphatic carbocycles. The van der Waals surface area contributed by atoms with Gasteiger partial charge in [-0.1, -0.05) is 0 Å². The number of nitrogens with zero attached hydrogens (tertiary/aromatic N) is 1. The Hall–Kier alpha value is -3.73. The summed E-state index contributed by atoms with van der Waals surface area (Å²) >= 11 is 0. The molecule has 2 aromatic rings. The molecule has 1 fully saturated rings. The van der Waals surface area contributed by atoms with E-state index in [4.69, 9.17) is 0 Å². The van der Waals surface area contributed by atoms with E-state index in [-0.39, 0.29) is 16.9 Å². The van der Waals surface area contributed by atoms with Crippen molar-refractivity contribution in [2.45, 2.75) is 44.7 Å². The van der Waals surface area contributed by atoms with Crippen LogP contribution in [0.3, 0.4) is 0 Å². The second kappa shape index (κ2) is 7.69. The second-order valence-electron chi connectivity index (χ2n) is 8.51. The van der Waals surface area contributed by atoms with Crippen molar-refractivity contribution in [1.29, 1.82) is 0 Å². The molecule has 2 amide bonds. The van der Waals surface area contributed by atoms with Crippen molar-refractivity contribution in [1.82, 2.24) is 20.7 Å². The fraction of sp³-hybridized carbons (Fsp3) is 0.318. The van der Waals surface area contributed by atoms with E-state index in [1.807, 2.05) is 0 Å². The zero-order valence-electron chi connectivity index (χ0n) is 17.9. The van der Waals surface area contributed by atoms with Crippen molar-refractivity contribution in [3.8, 4) is 0 Å². The van der Waals surface area contributed by atoms with E-state index in [9.17, 15) is 23.2 Å². The third-order valence-electron chi connectivity index (χ3n) is 6.39. The van der Waals surface area contributed by atoms with Gasteiger partial charge in [0, 0.05) is 24.0 Å². The minimum Gasteiger partial charge on any atom is -0.340 e. The summed E-state index contributed by atoms with van der Waals surface area (Å²) < 4.78 is 28.5. The van der Waals surface area contributed by atoms with Gasteiger partial charge in [-0.2, -0.15) is 5.53 Å². The number of anilines is 1. The summed E-state index contributed by atoms with van der Waals surface area (Å²) in [7, 11) is 0. The number of nitrogens with two attached hydrogens (primary N) is 1. The van der Waals surface area contributed by atoms with Gasteiger partial charge in [-0.15, -0.1) is 0 Å². The van der Waals surface area contributed by atoms with E-state index >= 15 is 0 Å². The molecule has 0 radical (unpaired) electrons. The zero-order chi connectivity index (χ0) is 23.3. The highest BCUT2D eigenvalue weighted by Gasteiger charge is 2.51. The van der Waals surface area contributed by atoms with Crippen molar-refractivity contribution in [2.75, 3.05) is 5.32 Å². The van der Waals surface area contributed by atoms with Crippen LogP contribution in [0.15, 0.2) is 30.1 Å². The van der Waals surface area contributed by atoms with Crippen LogP contribution in [0.2, 0.25) is 0 Å². The summed E-state index contributed by atoms with van der Waals surface area (Å²) in [5.74, 6) is -4.06. The van der Waals surface area contributed by atoms with Crippen molar-refractivity contribution in [3.05, 3.63) is 64.2 Å². The highest BCUT2D eigenvalue weighted by atomic mass is 19.2. The fourth-order valence-corrected chi connectivity index (χ4v) is 4.61. The Balaban J connectivity index is 1.41. The van der Waals surface area contributed by atoms with Crippen LogP contribution < -0.4 is 27.0 Å². The van der Waals surface area contributed by atoms with Crippen molar-refractivity contribution in [3.63, 3.8) is 0 Å². The number of benzene rings is 1. The molecule has 33 heavy (non-hydrogen) atoms. The van der Waals surface area contributed by atoms with E-state index in [0.29, 0.717) is 24.2 Å². The lowest BCUT2D eigenvalue weighted by atomic mass is 10.0. The van der Waals surface area contributed by atoms with E-state index in [1.54, 1.807) is 23.2 Å². The van der Waals surface area contributed by atoms with Crippen molar-refractivity contribution < 1.29 is 28.7 Å². The first-order valence-corrected chi connectivity index (χ1v) is 10.7. The molecule has 0 unspecified atom stereocenters. The summed E-state index contributed by atoms with van der Waals surface area (Å²) in [5.41, 5.74) is 9.40. The zero-order valence-corrected chi connectivity index (χ0v) is 17.9. The Labute approximate surface area is 187 Å². The summed E-state index contributed by atoms with van der Waals surface area (Å²) in [5, 5.41) is 5.41. The predicted octanol–water partition coefficient (Wildman–Crippen LogP) is 0.532. The number of hydrogen-bond acceptors (Lipinski definition) is 5. The molecule has 1 aromatic carbocycles. The predicted molar refractivity (Wildman–Crippen MR) is 113 cm³/mol. The minimum atomic E-state index is -1.08. The lowest BCUT2D eigenvalue weighted by Crippen LogP contribution is -2.97. The Kier molecular flexibility index (Phi) is 4.93. The molecule has 0 atom stereocenters. The highest BCUT2D eigenvalue weighted by Crippen LogP contribution is 2.41. The van der Waals surface area contributed by atoms with E-state index in [2.05, 4.69) is 21.5 Å². The Morgan fingerprint density at radius 1 is 1.18 bits per heavy atom. The number of rotatable bonds is 6. The number of amides is 2. The third kappa shape index (κ3) is 3.54. The maximum absolute atomic E-state index is 13.5. The largest absolute Gasteiger partial charge is 0.340 e. The van der Waals surface area contributed by atoms with E-state index in [1.165, 1.54) is 6.07 Å². The quantitative estimate of drug-likeness (QED) is 0.246. The summed E-state index contributed by atoms with van der Waals surface area (Å²) in [4.78, 5) is 39.1. The Morgan fingerprint density at radius 2 is 1.97 bits per heavy atom. The summed E-state index contributed by atoms with van der Waals surface area (Å²) in [6, 6.07) is 3.07. The molecular weight excluding hydrogens is 434 g/mol. The number of ketones is 1. The summed E-state index contributed by atoms with van der Waals surface area (Å²) in [6.45, 7) is 2.15. The standard InChI is InChI=1S/C22H22F2N6O3/c1-11-17(19(31)21(33)27-22(6-7-22)16-10-25-29-28-16)15-3-2-8-30(15)18(11)20(32)26-12-4-5-13(23)14(24)9-12/h4-5,9-10,25,28-29H,2-3,6-8H2,1H3,(H,26,32)(H,27,33)/p+1. The molecule has 11 heteroatoms. The molecular formula is C22H23F2N6O3+. The molecule has 0 saturated heterocycles. The monoisotopic (exact) mass is 457 g/mol. The lowest BCUT2D eigenvalue weighted by molar-refractivity contribution is -0.740. The third-order valence-corrected chi connectivity index (χ3v) is 6.39. The molecule has 0 bridgehead atoms. The van der Waals surface area contributed by atoms with Crippen LogP contribution >= 0.6 is 0 Å². The van der Waals surface area contributed by atoms with Crippen LogP contribution in [-0.2, 0) is 17.8 Å². The highest BCUT2D eigenvalue weighted by molar-refractivity contribution is 6.44. The minimum absolute atomic E-state index is 0.0934. The average molecular weight is 457 g/mol. The number of halogens is 2. The second-order valence-corrected chi connectivity index (χ2v) is 8.51. The molecule has 1 saturated carbocycles. The van der Waals surface area contributed by atoms with E-state index < -0.39 is 34.8 Å². The topological polar surface area (TPSA) is 121 Å². The molecule has 3 heterocycles. The number of carbonyl (C=O) groups excluding carboxylic acids is 3. The van der Waals surface area contributed by atoms with Gasteiger partial charge in [0.05, 0.1) is 17.3 Å². The molecule has 9 nitrogen and oxygen atoms in total. The van der Waals surface area contributed by atoms with Crippen molar-refractivity contribution >= 4 is 23.3 Å². The van der Waals surface area contributed by atoms with Gasteiger partial charge < -0.3 is 15.2 Å². The van der Waals surface area contributed by atoms with Crippen LogP contribution in [0.5, 0.6) is 0 Å². The number of carbonyl (C=O) groups is 3. The van der Waals surface area contributed by atoms with Crippen LogP contribution in [0, 0.1) is 18.6 Å². The first-order valence-electron chi connectivity index (χ1n) is 10.7. The number of Topliss-reactive ketones (excluding diaryl/α,β-unsaturated/α-hetero) is 1. The maximum atomic E-state index is 13.5. The number of fused-ring (bicyclic) bond motifs is 1. The normalized spacial score (nSPS) is 17.5. The van der Waals surface area contributed by atoms with Gasteiger partial charge in [0.2, 0.25) is 0 Å². The SMILES string of the molecule is Cc1c(C(=O)C(=O)NC2(C3=CN[NH2+]N3)CC2)c2n(c1C(=O)Nc1ccc(F)c(F)c1)CCC2.